The summed E-state index contributed by atoms with van der Waals surface area (Å²) < 4.78 is 0. The lowest BCUT2D eigenvalue weighted by Crippen LogP contribution is -2.15. The van der Waals surface area contributed by atoms with Gasteiger partial charge in [0.25, 0.3) is 0 Å². The highest BCUT2D eigenvalue weighted by Gasteiger charge is 2.27. The van der Waals surface area contributed by atoms with Crippen LogP contribution in [0.4, 0.5) is 17.2 Å². The number of hydrogen-bond acceptors (Lipinski definition) is 3. The lowest BCUT2D eigenvalue weighted by molar-refractivity contribution is -0.113. The number of nitrogens with one attached hydrogen (secondary N) is 1. The lowest BCUT2D eigenvalue weighted by Gasteiger charge is -2.20. The molecule has 126 valence electrons. The molecule has 1 aliphatic heterocycles. The Morgan fingerprint density at radius 2 is 2.08 bits per heavy atom. The van der Waals surface area contributed by atoms with Crippen LogP contribution >= 0.6 is 11.6 Å². The van der Waals surface area contributed by atoms with Crippen molar-refractivity contribution in [3.63, 3.8) is 0 Å². The number of halogens is 1. The highest BCUT2D eigenvalue weighted by atomic mass is 35.5. The average molecular weight is 352 g/mol. The molecule has 2 heterocycles. The number of carbonyl (C=O) groups is 1. The first-order valence-corrected chi connectivity index (χ1v) is 8.82. The van der Waals surface area contributed by atoms with E-state index in [0.29, 0.717) is 0 Å². The van der Waals surface area contributed by atoms with Gasteiger partial charge in [-0.2, -0.15) is 0 Å². The average Bonchev–Trinajstić information content (AvgIpc) is 3.05. The van der Waals surface area contributed by atoms with Gasteiger partial charge in [0, 0.05) is 23.2 Å². The minimum absolute atomic E-state index is 0.0625. The van der Waals surface area contributed by atoms with E-state index >= 15 is 0 Å². The molecule has 3 aromatic rings. The van der Waals surface area contributed by atoms with Crippen LogP contribution in [0, 0.1) is 6.92 Å². The number of nitrogens with zero attached hydrogens (tertiary/aromatic N) is 2. The number of para-hydroxylation sites is 1. The number of fused-ring (bicyclic) bond motifs is 2. The number of benzene rings is 2. The summed E-state index contributed by atoms with van der Waals surface area (Å²) in [4.78, 5) is 19.0. The van der Waals surface area contributed by atoms with E-state index in [4.69, 9.17) is 16.6 Å². The molecule has 0 saturated carbocycles. The number of amides is 1. The zero-order valence-electron chi connectivity index (χ0n) is 13.9. The van der Waals surface area contributed by atoms with E-state index in [9.17, 15) is 4.79 Å². The fraction of sp³-hybridized carbons (Fsp3) is 0.200. The van der Waals surface area contributed by atoms with Crippen LogP contribution in [0.2, 0.25) is 0 Å². The molecule has 0 fully saturated rings. The normalized spacial score (nSPS) is 13.1. The van der Waals surface area contributed by atoms with Gasteiger partial charge < -0.3 is 10.2 Å². The number of hydrogen-bond donors (Lipinski definition) is 1. The van der Waals surface area contributed by atoms with Gasteiger partial charge in [0.05, 0.1) is 11.2 Å². The molecule has 0 saturated heterocycles. The van der Waals surface area contributed by atoms with Crippen molar-refractivity contribution >= 4 is 45.6 Å². The summed E-state index contributed by atoms with van der Waals surface area (Å²) in [6.07, 6.45) is 0.832. The number of alkyl halides is 1. The second kappa shape index (κ2) is 6.37. The van der Waals surface area contributed by atoms with Crippen molar-refractivity contribution in [2.75, 3.05) is 22.6 Å². The van der Waals surface area contributed by atoms with Gasteiger partial charge in [0.1, 0.15) is 11.7 Å². The summed E-state index contributed by atoms with van der Waals surface area (Å²) in [5.41, 5.74) is 5.10. The number of pyridine rings is 1. The first-order valence-electron chi connectivity index (χ1n) is 8.29. The predicted molar refractivity (Wildman–Crippen MR) is 103 cm³/mol. The van der Waals surface area contributed by atoms with E-state index in [0.717, 1.165) is 46.6 Å². The van der Waals surface area contributed by atoms with Gasteiger partial charge in [-0.3, -0.25) is 4.79 Å². The molecule has 4 rings (SSSR count). The van der Waals surface area contributed by atoms with Crippen molar-refractivity contribution in [2.24, 2.45) is 0 Å². The van der Waals surface area contributed by atoms with Gasteiger partial charge in [0.2, 0.25) is 5.91 Å². The molecule has 25 heavy (non-hydrogen) atoms. The minimum Gasteiger partial charge on any atom is -0.326 e. The van der Waals surface area contributed by atoms with Crippen molar-refractivity contribution < 1.29 is 4.79 Å². The molecular weight excluding hydrogens is 334 g/mol. The van der Waals surface area contributed by atoms with Crippen molar-refractivity contribution in [1.29, 1.82) is 0 Å². The molecule has 1 aromatic heterocycles. The van der Waals surface area contributed by atoms with Crippen LogP contribution in [-0.2, 0) is 11.2 Å². The Morgan fingerprint density at radius 3 is 2.88 bits per heavy atom. The third kappa shape index (κ3) is 2.83. The maximum atomic E-state index is 11.9. The molecule has 0 unspecified atom stereocenters. The SMILES string of the molecule is Cc1cccc(N2CCc3c2nc2ccccc2c3NC(=O)CCl)c1. The lowest BCUT2D eigenvalue weighted by atomic mass is 10.1. The Balaban J connectivity index is 1.89. The van der Waals surface area contributed by atoms with Crippen LogP contribution in [0.25, 0.3) is 10.9 Å². The Hall–Kier alpha value is -2.59. The van der Waals surface area contributed by atoms with E-state index in [1.807, 2.05) is 24.3 Å². The molecule has 1 aliphatic rings. The highest BCUT2D eigenvalue weighted by molar-refractivity contribution is 6.29. The van der Waals surface area contributed by atoms with Crippen molar-refractivity contribution in [1.82, 2.24) is 4.98 Å². The van der Waals surface area contributed by atoms with Crippen LogP contribution in [0.1, 0.15) is 11.1 Å². The van der Waals surface area contributed by atoms with Gasteiger partial charge in [-0.25, -0.2) is 4.98 Å². The van der Waals surface area contributed by atoms with Gasteiger partial charge in [-0.1, -0.05) is 30.3 Å². The topological polar surface area (TPSA) is 45.2 Å². The van der Waals surface area contributed by atoms with Crippen LogP contribution in [0.3, 0.4) is 0 Å². The second-order valence-corrected chi connectivity index (χ2v) is 6.50. The number of rotatable bonds is 3. The number of aromatic nitrogens is 1. The zero-order valence-corrected chi connectivity index (χ0v) is 14.7. The summed E-state index contributed by atoms with van der Waals surface area (Å²) in [5, 5.41) is 3.93. The molecule has 1 N–H and O–H groups in total. The monoisotopic (exact) mass is 351 g/mol. The maximum absolute atomic E-state index is 11.9. The second-order valence-electron chi connectivity index (χ2n) is 6.23. The Labute approximate surface area is 151 Å². The molecule has 5 heteroatoms. The molecule has 4 nitrogen and oxygen atoms in total. The maximum Gasteiger partial charge on any atom is 0.239 e. The molecule has 0 aliphatic carbocycles. The summed E-state index contributed by atoms with van der Waals surface area (Å²) in [7, 11) is 0. The third-order valence-corrected chi connectivity index (χ3v) is 4.75. The number of anilines is 3. The van der Waals surface area contributed by atoms with Crippen molar-refractivity contribution in [2.45, 2.75) is 13.3 Å². The smallest absolute Gasteiger partial charge is 0.239 e. The van der Waals surface area contributed by atoms with E-state index in [1.54, 1.807) is 0 Å². The van der Waals surface area contributed by atoms with Crippen molar-refractivity contribution in [3.8, 4) is 0 Å². The van der Waals surface area contributed by atoms with E-state index < -0.39 is 0 Å². The van der Waals surface area contributed by atoms with Gasteiger partial charge in [0.15, 0.2) is 0 Å². The highest BCUT2D eigenvalue weighted by Crippen LogP contribution is 2.40. The van der Waals surface area contributed by atoms with E-state index in [1.165, 1.54) is 5.56 Å². The molecular formula is C20H18ClN3O. The molecule has 0 radical (unpaired) electrons. The molecule has 0 spiro atoms. The minimum atomic E-state index is -0.200. The van der Waals surface area contributed by atoms with Gasteiger partial charge in [-0.15, -0.1) is 11.6 Å². The third-order valence-electron chi connectivity index (χ3n) is 4.51. The van der Waals surface area contributed by atoms with Crippen LogP contribution in [0.15, 0.2) is 48.5 Å². The summed E-state index contributed by atoms with van der Waals surface area (Å²) in [5.74, 6) is 0.649. The van der Waals surface area contributed by atoms with E-state index in [2.05, 4.69) is 41.4 Å². The van der Waals surface area contributed by atoms with Crippen LogP contribution in [-0.4, -0.2) is 23.3 Å². The Morgan fingerprint density at radius 1 is 1.24 bits per heavy atom. The van der Waals surface area contributed by atoms with Crippen molar-refractivity contribution in [3.05, 3.63) is 59.7 Å². The van der Waals surface area contributed by atoms with E-state index in [-0.39, 0.29) is 11.8 Å². The largest absolute Gasteiger partial charge is 0.326 e. The first kappa shape index (κ1) is 15.9. The van der Waals surface area contributed by atoms with Crippen LogP contribution < -0.4 is 10.2 Å². The Bertz CT molecular complexity index is 970. The fourth-order valence-electron chi connectivity index (χ4n) is 3.39. The van der Waals surface area contributed by atoms with Gasteiger partial charge >= 0.3 is 0 Å². The summed E-state index contributed by atoms with van der Waals surface area (Å²) in [6.45, 7) is 2.92. The standard InChI is InChI=1S/C20H18ClN3O/c1-13-5-4-6-14(11-13)24-10-9-16-19(23-18(25)12-21)15-7-2-3-8-17(15)22-20(16)24/h2-8,11H,9-10,12H2,1H3,(H,22,23,25). The molecule has 0 bridgehead atoms. The number of carbonyl (C=O) groups excluding carboxylic acids is 1. The van der Waals surface area contributed by atoms with Crippen LogP contribution in [0.5, 0.6) is 0 Å². The van der Waals surface area contributed by atoms with Gasteiger partial charge in [-0.05, 0) is 37.1 Å². The zero-order chi connectivity index (χ0) is 17.4. The summed E-state index contributed by atoms with van der Waals surface area (Å²) in [6, 6.07) is 16.3. The molecule has 2 aromatic carbocycles. The predicted octanol–water partition coefficient (Wildman–Crippen LogP) is 4.41. The molecule has 0 atom stereocenters. The number of aryl methyl sites for hydroxylation is 1. The first-order chi connectivity index (χ1) is 12.2. The molecule has 1 amide bonds. The fourth-order valence-corrected chi connectivity index (χ4v) is 3.46. The quantitative estimate of drug-likeness (QED) is 0.711. The summed E-state index contributed by atoms with van der Waals surface area (Å²) >= 11 is 5.71. The Kier molecular flexibility index (Phi) is 4.06.